The lowest BCUT2D eigenvalue weighted by Gasteiger charge is -2.54. The lowest BCUT2D eigenvalue weighted by molar-refractivity contribution is -0.135. The summed E-state index contributed by atoms with van der Waals surface area (Å²) in [7, 11) is 0. The number of phenols is 1. The van der Waals surface area contributed by atoms with Crippen LogP contribution < -0.4 is 15.9 Å². The Bertz CT molecular complexity index is 1540. The highest BCUT2D eigenvalue weighted by Gasteiger charge is 2.54. The average molecular weight is 560 g/mol. The molecule has 1 aliphatic heterocycles. The minimum absolute atomic E-state index is 0.00958. The van der Waals surface area contributed by atoms with Crippen LogP contribution in [0.5, 0.6) is 11.5 Å². The Balaban J connectivity index is 0.000000166. The van der Waals surface area contributed by atoms with Gasteiger partial charge in [-0.15, -0.1) is 0 Å². The van der Waals surface area contributed by atoms with E-state index in [1.807, 2.05) is 0 Å². The fraction of sp³-hybridized carbons (Fsp3) is 0.543. The van der Waals surface area contributed by atoms with Gasteiger partial charge in [0.2, 0.25) is 5.91 Å². The lowest BCUT2D eigenvalue weighted by Crippen LogP contribution is -2.54. The number of hydrogen-bond acceptors (Lipinski definition) is 5. The number of carbonyl (C=O) groups excluding carboxylic acids is 1. The van der Waals surface area contributed by atoms with E-state index in [-0.39, 0.29) is 33.3 Å². The molecule has 3 aliphatic rings. The third kappa shape index (κ3) is 5.15. The number of aromatic hydroxyl groups is 1. The van der Waals surface area contributed by atoms with Crippen LogP contribution >= 0.6 is 0 Å². The lowest BCUT2D eigenvalue weighted by atomic mass is 9.49. The minimum atomic E-state index is -0.346. The molecule has 4 unspecified atom stereocenters. The van der Waals surface area contributed by atoms with Gasteiger partial charge in [-0.1, -0.05) is 59.2 Å². The molecular weight excluding hydrogens is 514 g/mol. The second-order valence-corrected chi connectivity index (χ2v) is 13.5. The van der Waals surface area contributed by atoms with Gasteiger partial charge in [0.1, 0.15) is 28.2 Å². The molecule has 220 valence electrons. The van der Waals surface area contributed by atoms with Crippen LogP contribution in [0.25, 0.3) is 11.0 Å². The van der Waals surface area contributed by atoms with Crippen molar-refractivity contribution >= 4 is 16.9 Å². The highest BCUT2D eigenvalue weighted by atomic mass is 16.5. The van der Waals surface area contributed by atoms with Crippen molar-refractivity contribution in [2.45, 2.75) is 97.8 Å². The quantitative estimate of drug-likeness (QED) is 0.349. The van der Waals surface area contributed by atoms with E-state index in [1.165, 1.54) is 29.2 Å². The van der Waals surface area contributed by atoms with Crippen molar-refractivity contribution in [3.05, 3.63) is 68.6 Å². The number of carbonyl (C=O) groups is 1. The van der Waals surface area contributed by atoms with Crippen LogP contribution in [0.1, 0.15) is 101 Å². The number of primary amides is 1. The number of fused-ring (bicyclic) bond motifs is 5. The van der Waals surface area contributed by atoms with Crippen molar-refractivity contribution in [3.8, 4) is 11.5 Å². The van der Waals surface area contributed by atoms with E-state index in [9.17, 15) is 14.7 Å². The molecule has 6 rings (SSSR count). The van der Waals surface area contributed by atoms with Crippen molar-refractivity contribution in [2.75, 3.05) is 6.61 Å². The largest absolute Gasteiger partial charge is 0.507 e. The molecule has 2 aliphatic carbocycles. The number of ether oxygens (including phenoxy) is 1. The van der Waals surface area contributed by atoms with E-state index in [0.717, 1.165) is 32.1 Å². The van der Waals surface area contributed by atoms with Gasteiger partial charge in [-0.05, 0) is 85.3 Å². The molecule has 41 heavy (non-hydrogen) atoms. The summed E-state index contributed by atoms with van der Waals surface area (Å²) in [5.74, 6) is 2.44. The van der Waals surface area contributed by atoms with Crippen molar-refractivity contribution in [1.29, 1.82) is 0 Å². The molecule has 1 amide bonds. The van der Waals surface area contributed by atoms with Gasteiger partial charge in [-0.25, -0.2) is 0 Å². The first-order valence-electron chi connectivity index (χ1n) is 15.2. The van der Waals surface area contributed by atoms with Crippen LogP contribution in [0.15, 0.2) is 39.5 Å². The van der Waals surface area contributed by atoms with Crippen molar-refractivity contribution in [3.63, 3.8) is 0 Å². The van der Waals surface area contributed by atoms with Crippen molar-refractivity contribution < 1.29 is 19.1 Å². The van der Waals surface area contributed by atoms with Crippen molar-refractivity contribution in [2.24, 2.45) is 23.0 Å². The zero-order valence-corrected chi connectivity index (χ0v) is 25.4. The van der Waals surface area contributed by atoms with E-state index in [1.54, 1.807) is 13.0 Å². The van der Waals surface area contributed by atoms with Crippen LogP contribution in [0.4, 0.5) is 0 Å². The SMILES string of the molecule is CC(C)c1ccc2c(c1)CCC1C(C)(C(N)=O)CCCC21C.Cc1cc(=O)c2c(O)c3c(cc2o1)OCC(C)CC3. The molecule has 3 aromatic rings. The summed E-state index contributed by atoms with van der Waals surface area (Å²) in [5, 5.41) is 10.6. The molecule has 6 nitrogen and oxygen atoms in total. The molecule has 0 radical (unpaired) electrons. The molecule has 0 saturated heterocycles. The van der Waals surface area contributed by atoms with Gasteiger partial charge in [-0.2, -0.15) is 0 Å². The highest BCUT2D eigenvalue weighted by Crippen LogP contribution is 2.57. The van der Waals surface area contributed by atoms with Gasteiger partial charge < -0.3 is 20.0 Å². The molecule has 1 saturated carbocycles. The summed E-state index contributed by atoms with van der Waals surface area (Å²) in [6.45, 7) is 13.4. The first-order valence-corrected chi connectivity index (χ1v) is 15.2. The highest BCUT2D eigenvalue weighted by molar-refractivity contribution is 5.87. The summed E-state index contributed by atoms with van der Waals surface area (Å²) in [5.41, 5.74) is 10.9. The predicted molar refractivity (Wildman–Crippen MR) is 163 cm³/mol. The average Bonchev–Trinajstić information content (AvgIpc) is 3.09. The third-order valence-electron chi connectivity index (χ3n) is 10.2. The van der Waals surface area contributed by atoms with Gasteiger partial charge in [0, 0.05) is 23.1 Å². The van der Waals surface area contributed by atoms with E-state index in [4.69, 9.17) is 14.9 Å². The number of nitrogens with two attached hydrogens (primary N) is 1. The Morgan fingerprint density at radius 2 is 1.85 bits per heavy atom. The number of hydrogen-bond donors (Lipinski definition) is 2. The molecule has 2 aromatic carbocycles. The van der Waals surface area contributed by atoms with Crippen LogP contribution in [0.3, 0.4) is 0 Å². The van der Waals surface area contributed by atoms with Crippen LogP contribution in [-0.2, 0) is 23.1 Å². The molecule has 1 fully saturated rings. The molecule has 0 spiro atoms. The maximum atomic E-state index is 12.2. The number of amides is 1. The van der Waals surface area contributed by atoms with E-state index < -0.39 is 0 Å². The molecule has 0 bridgehead atoms. The summed E-state index contributed by atoms with van der Waals surface area (Å²) in [6.07, 6.45) is 7.03. The topological polar surface area (TPSA) is 103 Å². The van der Waals surface area contributed by atoms with Crippen molar-refractivity contribution in [1.82, 2.24) is 0 Å². The maximum Gasteiger partial charge on any atom is 0.223 e. The van der Waals surface area contributed by atoms with E-state index in [2.05, 4.69) is 52.8 Å². The van der Waals surface area contributed by atoms with Gasteiger partial charge >= 0.3 is 0 Å². The maximum absolute atomic E-state index is 12.2. The van der Waals surface area contributed by atoms with E-state index >= 15 is 0 Å². The van der Waals surface area contributed by atoms with Gasteiger partial charge in [-0.3, -0.25) is 9.59 Å². The summed E-state index contributed by atoms with van der Waals surface area (Å²) in [6, 6.07) is 10.1. The van der Waals surface area contributed by atoms with Crippen LogP contribution in [0.2, 0.25) is 0 Å². The normalized spacial score (nSPS) is 27.0. The second-order valence-electron chi connectivity index (χ2n) is 13.5. The van der Waals surface area contributed by atoms with E-state index in [0.29, 0.717) is 53.4 Å². The molecule has 3 N–H and O–H groups in total. The molecule has 2 heterocycles. The Kier molecular flexibility index (Phi) is 7.73. The third-order valence-corrected chi connectivity index (χ3v) is 10.2. The zero-order valence-electron chi connectivity index (χ0n) is 25.4. The number of aryl methyl sites for hydroxylation is 2. The second kappa shape index (κ2) is 10.8. The Morgan fingerprint density at radius 1 is 1.10 bits per heavy atom. The summed E-state index contributed by atoms with van der Waals surface area (Å²) in [4.78, 5) is 24.1. The van der Waals surface area contributed by atoms with Gasteiger partial charge in [0.25, 0.3) is 0 Å². The van der Waals surface area contributed by atoms with Gasteiger partial charge in [0.15, 0.2) is 5.43 Å². The zero-order chi connectivity index (χ0) is 29.7. The number of benzene rings is 2. The monoisotopic (exact) mass is 559 g/mol. The number of phenolic OH excluding ortho intramolecular Hbond substituents is 1. The smallest absolute Gasteiger partial charge is 0.223 e. The Hall–Kier alpha value is -3.28. The Labute approximate surface area is 243 Å². The molecule has 4 atom stereocenters. The summed E-state index contributed by atoms with van der Waals surface area (Å²) >= 11 is 0. The standard InChI is InChI=1S/C20H29NO.C15H16O4/c1-13(2)14-6-8-16-15(12-14)7-9-17-19(16,3)10-5-11-20(17,4)18(21)22;1-8-3-4-10-12(18-7-8)6-13-14(15(10)17)11(16)5-9(2)19-13/h6,8,12-13,17H,5,7,9-11H2,1-4H3,(H2,21,22);5-6,8,17H,3-4,7H2,1-2H3. The summed E-state index contributed by atoms with van der Waals surface area (Å²) < 4.78 is 11.2. The molecular formula is C35H45NO5. The predicted octanol–water partition coefficient (Wildman–Crippen LogP) is 7.07. The molecule has 6 heteroatoms. The van der Waals surface area contributed by atoms with Crippen LogP contribution in [-0.4, -0.2) is 17.6 Å². The first kappa shape index (κ1) is 29.2. The molecule has 1 aromatic heterocycles. The van der Waals surface area contributed by atoms with Crippen LogP contribution in [0, 0.1) is 24.2 Å². The van der Waals surface area contributed by atoms with Gasteiger partial charge in [0.05, 0.1) is 6.61 Å². The first-order chi connectivity index (χ1) is 19.3. The fourth-order valence-electron chi connectivity index (χ4n) is 7.68. The Morgan fingerprint density at radius 3 is 2.56 bits per heavy atom. The fourth-order valence-corrected chi connectivity index (χ4v) is 7.68. The minimum Gasteiger partial charge on any atom is -0.507 e. The number of rotatable bonds is 2.